The summed E-state index contributed by atoms with van der Waals surface area (Å²) >= 11 is 7.38. The van der Waals surface area contributed by atoms with Gasteiger partial charge in [-0.25, -0.2) is 0 Å². The first-order valence-electron chi connectivity index (χ1n) is 6.30. The first-order chi connectivity index (χ1) is 9.47. The van der Waals surface area contributed by atoms with Crippen molar-refractivity contribution in [2.45, 2.75) is 31.6 Å². The average molecular weight is 316 g/mol. The van der Waals surface area contributed by atoms with Crippen molar-refractivity contribution in [2.24, 2.45) is 0 Å². The third kappa shape index (κ3) is 7.40. The van der Waals surface area contributed by atoms with Crippen LogP contribution in [0.3, 0.4) is 0 Å². The minimum Gasteiger partial charge on any atom is -0.481 e. The van der Waals surface area contributed by atoms with Gasteiger partial charge in [0.25, 0.3) is 0 Å². The molecule has 20 heavy (non-hydrogen) atoms. The van der Waals surface area contributed by atoms with Crippen molar-refractivity contribution in [3.63, 3.8) is 0 Å². The van der Waals surface area contributed by atoms with Crippen molar-refractivity contribution in [3.05, 3.63) is 34.9 Å². The number of thioether (sulfide) groups is 1. The van der Waals surface area contributed by atoms with Crippen LogP contribution >= 0.6 is 23.4 Å². The molecule has 0 radical (unpaired) electrons. The Morgan fingerprint density at radius 1 is 1.45 bits per heavy atom. The van der Waals surface area contributed by atoms with Crippen molar-refractivity contribution < 1.29 is 14.7 Å². The molecule has 1 atom stereocenters. The highest BCUT2D eigenvalue weighted by molar-refractivity contribution is 7.99. The smallest absolute Gasteiger partial charge is 0.303 e. The molecular formula is C14H18ClNO3S. The van der Waals surface area contributed by atoms with Crippen LogP contribution in [0.2, 0.25) is 5.02 Å². The Hall–Kier alpha value is -1.20. The fourth-order valence-corrected chi connectivity index (χ4v) is 2.62. The van der Waals surface area contributed by atoms with Gasteiger partial charge in [0.1, 0.15) is 0 Å². The van der Waals surface area contributed by atoms with Gasteiger partial charge in [-0.05, 0) is 31.0 Å². The number of amides is 1. The van der Waals surface area contributed by atoms with Crippen molar-refractivity contribution in [1.29, 1.82) is 0 Å². The molecule has 0 fully saturated rings. The third-order valence-electron chi connectivity index (χ3n) is 2.59. The molecule has 1 aromatic carbocycles. The Morgan fingerprint density at radius 2 is 2.20 bits per heavy atom. The number of hydrogen-bond donors (Lipinski definition) is 2. The second kappa shape index (κ2) is 8.87. The van der Waals surface area contributed by atoms with Gasteiger partial charge in [0.2, 0.25) is 5.91 Å². The molecule has 0 aliphatic heterocycles. The number of carboxylic acid groups (broad SMARTS) is 1. The lowest BCUT2D eigenvalue weighted by Gasteiger charge is -2.12. The van der Waals surface area contributed by atoms with Gasteiger partial charge in [-0.2, -0.15) is 0 Å². The van der Waals surface area contributed by atoms with Gasteiger partial charge in [0.15, 0.2) is 0 Å². The lowest BCUT2D eigenvalue weighted by Crippen LogP contribution is -2.34. The predicted molar refractivity (Wildman–Crippen MR) is 82.1 cm³/mol. The minimum atomic E-state index is -0.846. The summed E-state index contributed by atoms with van der Waals surface area (Å²) in [6.07, 6.45) is 0.511. The zero-order valence-corrected chi connectivity index (χ0v) is 12.8. The van der Waals surface area contributed by atoms with Crippen LogP contribution < -0.4 is 5.32 Å². The van der Waals surface area contributed by atoms with Gasteiger partial charge in [-0.15, -0.1) is 11.8 Å². The van der Waals surface area contributed by atoms with E-state index in [0.717, 1.165) is 11.3 Å². The first kappa shape index (κ1) is 16.9. The maximum absolute atomic E-state index is 11.6. The summed E-state index contributed by atoms with van der Waals surface area (Å²) in [6, 6.07) is 7.41. The Labute approximate surface area is 127 Å². The molecule has 0 heterocycles. The number of nitrogens with one attached hydrogen (secondary N) is 1. The van der Waals surface area contributed by atoms with Gasteiger partial charge in [0, 0.05) is 23.2 Å². The van der Waals surface area contributed by atoms with E-state index in [9.17, 15) is 9.59 Å². The summed E-state index contributed by atoms with van der Waals surface area (Å²) in [6.45, 7) is 1.81. The number of aliphatic carboxylic acids is 1. The molecule has 110 valence electrons. The number of carboxylic acids is 1. The van der Waals surface area contributed by atoms with Crippen molar-refractivity contribution in [3.8, 4) is 0 Å². The van der Waals surface area contributed by atoms with Crippen molar-refractivity contribution in [2.75, 3.05) is 5.75 Å². The number of rotatable bonds is 8. The fourth-order valence-electron chi connectivity index (χ4n) is 1.62. The van der Waals surface area contributed by atoms with E-state index >= 15 is 0 Å². The van der Waals surface area contributed by atoms with Crippen LogP contribution in [0.4, 0.5) is 0 Å². The van der Waals surface area contributed by atoms with E-state index < -0.39 is 5.97 Å². The molecule has 0 aliphatic rings. The van der Waals surface area contributed by atoms with E-state index in [0.29, 0.717) is 17.2 Å². The maximum atomic E-state index is 11.6. The van der Waals surface area contributed by atoms with Gasteiger partial charge in [-0.1, -0.05) is 23.7 Å². The molecule has 0 aliphatic carbocycles. The van der Waals surface area contributed by atoms with Crippen LogP contribution in [0.1, 0.15) is 25.3 Å². The summed E-state index contributed by atoms with van der Waals surface area (Å²) in [7, 11) is 0. The molecule has 6 heteroatoms. The van der Waals surface area contributed by atoms with Gasteiger partial charge < -0.3 is 10.4 Å². The number of carbonyl (C=O) groups excluding carboxylic acids is 1. The van der Waals surface area contributed by atoms with Crippen molar-refractivity contribution in [1.82, 2.24) is 5.32 Å². The zero-order chi connectivity index (χ0) is 15.0. The van der Waals surface area contributed by atoms with E-state index in [-0.39, 0.29) is 18.4 Å². The van der Waals surface area contributed by atoms with E-state index in [1.54, 1.807) is 0 Å². The van der Waals surface area contributed by atoms with Crippen molar-refractivity contribution >= 4 is 35.2 Å². The molecule has 1 amide bonds. The van der Waals surface area contributed by atoms with Crippen LogP contribution in [0.25, 0.3) is 0 Å². The van der Waals surface area contributed by atoms with Gasteiger partial charge in [0.05, 0.1) is 5.75 Å². The SMILES string of the molecule is CC(CCC(=O)O)NC(=O)CSCc1cccc(Cl)c1. The van der Waals surface area contributed by atoms with Crippen LogP contribution in [0.5, 0.6) is 0 Å². The summed E-state index contributed by atoms with van der Waals surface area (Å²) in [5.41, 5.74) is 1.08. The second-order valence-electron chi connectivity index (χ2n) is 4.52. The quantitative estimate of drug-likeness (QED) is 0.774. The van der Waals surface area contributed by atoms with E-state index in [2.05, 4.69) is 5.32 Å². The summed E-state index contributed by atoms with van der Waals surface area (Å²) in [5.74, 6) is 0.151. The third-order valence-corrected chi connectivity index (χ3v) is 3.83. The van der Waals surface area contributed by atoms with E-state index in [1.807, 2.05) is 31.2 Å². The molecule has 0 bridgehead atoms. The normalized spacial score (nSPS) is 11.9. The molecule has 1 aromatic rings. The van der Waals surface area contributed by atoms with E-state index in [4.69, 9.17) is 16.7 Å². The number of carbonyl (C=O) groups is 2. The molecular weight excluding hydrogens is 298 g/mol. The average Bonchev–Trinajstić information content (AvgIpc) is 2.36. The van der Waals surface area contributed by atoms with Gasteiger partial charge in [-0.3, -0.25) is 9.59 Å². The molecule has 1 rings (SSSR count). The highest BCUT2D eigenvalue weighted by Crippen LogP contribution is 2.16. The van der Waals surface area contributed by atoms with Gasteiger partial charge >= 0.3 is 5.97 Å². The highest BCUT2D eigenvalue weighted by atomic mass is 35.5. The minimum absolute atomic E-state index is 0.0666. The first-order valence-corrected chi connectivity index (χ1v) is 7.84. The van der Waals surface area contributed by atoms with Crippen LogP contribution in [-0.2, 0) is 15.3 Å². The topological polar surface area (TPSA) is 66.4 Å². The summed E-state index contributed by atoms with van der Waals surface area (Å²) in [4.78, 5) is 22.1. The molecule has 0 spiro atoms. The zero-order valence-electron chi connectivity index (χ0n) is 11.3. The Bertz CT molecular complexity index is 467. The molecule has 2 N–H and O–H groups in total. The summed E-state index contributed by atoms with van der Waals surface area (Å²) < 4.78 is 0. The fraction of sp³-hybridized carbons (Fsp3) is 0.429. The van der Waals surface area contributed by atoms with Crippen LogP contribution in [-0.4, -0.2) is 28.8 Å². The Balaban J connectivity index is 2.21. The Morgan fingerprint density at radius 3 is 2.85 bits per heavy atom. The predicted octanol–water partition coefficient (Wildman–Crippen LogP) is 2.94. The van der Waals surface area contributed by atoms with Crippen LogP contribution in [0.15, 0.2) is 24.3 Å². The molecule has 1 unspecified atom stereocenters. The van der Waals surface area contributed by atoms with E-state index in [1.165, 1.54) is 11.8 Å². The molecule has 0 aromatic heterocycles. The summed E-state index contributed by atoms with van der Waals surface area (Å²) in [5, 5.41) is 12.0. The molecule has 4 nitrogen and oxygen atoms in total. The highest BCUT2D eigenvalue weighted by Gasteiger charge is 2.09. The largest absolute Gasteiger partial charge is 0.481 e. The monoisotopic (exact) mass is 315 g/mol. The molecule has 0 saturated carbocycles. The lowest BCUT2D eigenvalue weighted by molar-refractivity contribution is -0.137. The second-order valence-corrected chi connectivity index (χ2v) is 5.95. The standard InChI is InChI=1S/C14H18ClNO3S/c1-10(5-6-14(18)19)16-13(17)9-20-8-11-3-2-4-12(15)7-11/h2-4,7,10H,5-6,8-9H2,1H3,(H,16,17)(H,18,19). The Kier molecular flexibility index (Phi) is 7.47. The number of hydrogen-bond acceptors (Lipinski definition) is 3. The number of benzene rings is 1. The van der Waals surface area contributed by atoms with Crippen LogP contribution in [0, 0.1) is 0 Å². The lowest BCUT2D eigenvalue weighted by atomic mass is 10.2. The number of halogens is 1. The maximum Gasteiger partial charge on any atom is 0.303 e. The molecule has 0 saturated heterocycles.